The third-order valence-electron chi connectivity index (χ3n) is 3.28. The van der Waals surface area contributed by atoms with Crippen molar-refractivity contribution in [2.24, 2.45) is 5.73 Å². The summed E-state index contributed by atoms with van der Waals surface area (Å²) in [4.78, 5) is 11.1. The molecule has 4 atom stereocenters. The lowest BCUT2D eigenvalue weighted by Crippen LogP contribution is -2.59. The van der Waals surface area contributed by atoms with Gasteiger partial charge in [-0.15, -0.1) is 0 Å². The summed E-state index contributed by atoms with van der Waals surface area (Å²) in [6, 6.07) is 2.64. The molecule has 3 unspecified atom stereocenters. The van der Waals surface area contributed by atoms with Crippen LogP contribution in [0.1, 0.15) is 16.4 Å². The fraction of sp³-hybridized carbons (Fsp3) is 0.500. The molecule has 1 aliphatic heterocycles. The first kappa shape index (κ1) is 13.9. The molecule has 1 aromatic heterocycles. The molecule has 104 valence electrons. The highest BCUT2D eigenvalue weighted by Gasteiger charge is 2.43. The van der Waals surface area contributed by atoms with Crippen LogP contribution in [0.25, 0.3) is 0 Å². The van der Waals surface area contributed by atoms with Gasteiger partial charge in [0.2, 0.25) is 6.04 Å². The predicted octanol–water partition coefficient (Wildman–Crippen LogP) is -2.27. The van der Waals surface area contributed by atoms with E-state index in [2.05, 4.69) is 0 Å². The van der Waals surface area contributed by atoms with Gasteiger partial charge in [0.25, 0.3) is 5.91 Å². The zero-order valence-corrected chi connectivity index (χ0v) is 10.2. The van der Waals surface area contributed by atoms with Gasteiger partial charge in [0.1, 0.15) is 30.5 Å². The highest BCUT2D eigenvalue weighted by Crippen LogP contribution is 2.20. The van der Waals surface area contributed by atoms with Crippen LogP contribution in [0.5, 0.6) is 0 Å². The Labute approximate surface area is 109 Å². The van der Waals surface area contributed by atoms with Gasteiger partial charge >= 0.3 is 0 Å². The zero-order valence-electron chi connectivity index (χ0n) is 10.2. The third-order valence-corrected chi connectivity index (χ3v) is 3.28. The number of nitrogens with zero attached hydrogens (tertiary/aromatic N) is 1. The van der Waals surface area contributed by atoms with Crippen molar-refractivity contribution in [1.29, 1.82) is 0 Å². The standard InChI is InChI=1S/C12H16N2O5/c13-12(18)7-2-1-3-14(4-7)8-6-19-9(5-15)11(17)10(8)16/h1-4,8-11,15-17H,5-6H2,(H-,13,18)/p+1/t8?,9?,10?,11-/m1/s1. The van der Waals surface area contributed by atoms with Gasteiger partial charge in [-0.1, -0.05) is 0 Å². The van der Waals surface area contributed by atoms with E-state index in [1.165, 1.54) is 6.20 Å². The molecule has 1 saturated heterocycles. The van der Waals surface area contributed by atoms with E-state index < -0.39 is 30.3 Å². The van der Waals surface area contributed by atoms with E-state index in [0.717, 1.165) is 0 Å². The average molecular weight is 269 g/mol. The molecule has 0 aliphatic carbocycles. The van der Waals surface area contributed by atoms with Crippen molar-refractivity contribution in [2.45, 2.75) is 24.4 Å². The summed E-state index contributed by atoms with van der Waals surface area (Å²) in [5.41, 5.74) is 5.49. The van der Waals surface area contributed by atoms with Crippen LogP contribution in [0.15, 0.2) is 24.5 Å². The molecule has 0 spiro atoms. The normalized spacial score (nSPS) is 31.1. The molecule has 0 saturated carbocycles. The molecule has 7 nitrogen and oxygen atoms in total. The lowest BCUT2D eigenvalue weighted by molar-refractivity contribution is -0.737. The maximum Gasteiger partial charge on any atom is 0.254 e. The molecule has 1 fully saturated rings. The molecule has 19 heavy (non-hydrogen) atoms. The van der Waals surface area contributed by atoms with Crippen molar-refractivity contribution < 1.29 is 29.4 Å². The van der Waals surface area contributed by atoms with Gasteiger partial charge in [-0.2, -0.15) is 4.57 Å². The Hall–Kier alpha value is -1.54. The van der Waals surface area contributed by atoms with E-state index >= 15 is 0 Å². The number of aliphatic hydroxyl groups excluding tert-OH is 3. The molecule has 5 N–H and O–H groups in total. The van der Waals surface area contributed by atoms with E-state index in [4.69, 9.17) is 15.6 Å². The van der Waals surface area contributed by atoms with Crippen molar-refractivity contribution in [3.63, 3.8) is 0 Å². The number of hydrogen-bond donors (Lipinski definition) is 4. The van der Waals surface area contributed by atoms with Crippen molar-refractivity contribution in [3.8, 4) is 0 Å². The van der Waals surface area contributed by atoms with Crippen LogP contribution in [0.3, 0.4) is 0 Å². The number of carbonyl (C=O) groups is 1. The number of carbonyl (C=O) groups excluding carboxylic acids is 1. The predicted molar refractivity (Wildman–Crippen MR) is 63.0 cm³/mol. The first-order valence-electron chi connectivity index (χ1n) is 5.93. The van der Waals surface area contributed by atoms with Gasteiger partial charge < -0.3 is 25.8 Å². The van der Waals surface area contributed by atoms with Crippen LogP contribution in [-0.4, -0.2) is 52.8 Å². The van der Waals surface area contributed by atoms with Crippen molar-refractivity contribution in [1.82, 2.24) is 0 Å². The van der Waals surface area contributed by atoms with Crippen molar-refractivity contribution in [2.75, 3.05) is 13.2 Å². The number of nitrogens with two attached hydrogens (primary N) is 1. The topological polar surface area (TPSA) is 117 Å². The van der Waals surface area contributed by atoms with Gasteiger partial charge in [0, 0.05) is 6.07 Å². The summed E-state index contributed by atoms with van der Waals surface area (Å²) in [7, 11) is 0. The number of amides is 1. The second kappa shape index (κ2) is 5.62. The molecule has 0 radical (unpaired) electrons. The molecule has 1 amide bonds. The first-order chi connectivity index (χ1) is 9.04. The summed E-state index contributed by atoms with van der Waals surface area (Å²) in [5.74, 6) is -0.575. The molecule has 1 aliphatic rings. The quantitative estimate of drug-likeness (QED) is 0.462. The largest absolute Gasteiger partial charge is 0.394 e. The van der Waals surface area contributed by atoms with Gasteiger partial charge in [-0.3, -0.25) is 4.79 Å². The zero-order chi connectivity index (χ0) is 14.0. The number of rotatable bonds is 3. The Balaban J connectivity index is 2.22. The first-order valence-corrected chi connectivity index (χ1v) is 5.93. The molecule has 2 rings (SSSR count). The Kier molecular flexibility index (Phi) is 4.11. The number of aromatic nitrogens is 1. The van der Waals surface area contributed by atoms with E-state index in [1.54, 1.807) is 22.9 Å². The summed E-state index contributed by atoms with van der Waals surface area (Å²) in [6.45, 7) is -0.243. The van der Waals surface area contributed by atoms with E-state index in [9.17, 15) is 15.0 Å². The van der Waals surface area contributed by atoms with Gasteiger partial charge in [0.05, 0.1) is 6.61 Å². The molecule has 2 heterocycles. The summed E-state index contributed by atoms with van der Waals surface area (Å²) in [5, 5.41) is 28.8. The molecule has 1 aromatic rings. The summed E-state index contributed by atoms with van der Waals surface area (Å²) >= 11 is 0. The maximum atomic E-state index is 11.1. The number of ether oxygens (including phenoxy) is 1. The van der Waals surface area contributed by atoms with Crippen LogP contribution in [0, 0.1) is 0 Å². The van der Waals surface area contributed by atoms with Crippen molar-refractivity contribution in [3.05, 3.63) is 30.1 Å². The maximum absolute atomic E-state index is 11.1. The minimum atomic E-state index is -1.19. The van der Waals surface area contributed by atoms with Gasteiger partial charge in [0.15, 0.2) is 12.4 Å². The highest BCUT2D eigenvalue weighted by atomic mass is 16.5. The Bertz CT molecular complexity index is 467. The Morgan fingerprint density at radius 3 is 2.84 bits per heavy atom. The van der Waals surface area contributed by atoms with Crippen LogP contribution < -0.4 is 10.3 Å². The summed E-state index contributed by atoms with van der Waals surface area (Å²) < 4.78 is 6.85. The third kappa shape index (κ3) is 2.74. The lowest BCUT2D eigenvalue weighted by Gasteiger charge is -2.33. The van der Waals surface area contributed by atoms with Gasteiger partial charge in [-0.05, 0) is 6.07 Å². The second-order valence-corrected chi connectivity index (χ2v) is 4.51. The number of primary amides is 1. The number of pyridine rings is 1. The Morgan fingerprint density at radius 1 is 1.47 bits per heavy atom. The van der Waals surface area contributed by atoms with Crippen LogP contribution in [0.2, 0.25) is 0 Å². The smallest absolute Gasteiger partial charge is 0.254 e. The lowest BCUT2D eigenvalue weighted by atomic mass is 9.98. The fourth-order valence-electron chi connectivity index (χ4n) is 2.13. The van der Waals surface area contributed by atoms with Crippen molar-refractivity contribution >= 4 is 5.91 Å². The van der Waals surface area contributed by atoms with E-state index in [0.29, 0.717) is 5.56 Å². The van der Waals surface area contributed by atoms with Crippen LogP contribution in [0.4, 0.5) is 0 Å². The molecule has 0 aromatic carbocycles. The van der Waals surface area contributed by atoms with E-state index in [-0.39, 0.29) is 13.2 Å². The minimum absolute atomic E-state index is 0.121. The summed E-state index contributed by atoms with van der Waals surface area (Å²) in [6.07, 6.45) is 0.0556. The average Bonchev–Trinajstić information content (AvgIpc) is 2.42. The molecule has 0 bridgehead atoms. The Morgan fingerprint density at radius 2 is 2.21 bits per heavy atom. The second-order valence-electron chi connectivity index (χ2n) is 4.51. The van der Waals surface area contributed by atoms with Gasteiger partial charge in [-0.25, -0.2) is 0 Å². The molecule has 7 heteroatoms. The molecular weight excluding hydrogens is 252 g/mol. The van der Waals surface area contributed by atoms with E-state index in [1.807, 2.05) is 0 Å². The monoisotopic (exact) mass is 269 g/mol. The molecular formula is C12H17N2O5+. The number of hydrogen-bond acceptors (Lipinski definition) is 5. The highest BCUT2D eigenvalue weighted by molar-refractivity contribution is 5.92. The minimum Gasteiger partial charge on any atom is -0.394 e. The van der Waals surface area contributed by atoms with Crippen LogP contribution >= 0.6 is 0 Å². The SMILES string of the molecule is NC(=O)c1ccc[n+](C2COC(CO)[C@@H](O)C2O)c1. The fourth-order valence-corrected chi connectivity index (χ4v) is 2.13. The van der Waals surface area contributed by atoms with Crippen LogP contribution in [-0.2, 0) is 4.74 Å². The number of aliphatic hydroxyl groups is 3.